The monoisotopic (exact) mass is 427 g/mol. The Hall–Kier alpha value is -2.20. The van der Waals surface area contributed by atoms with E-state index >= 15 is 0 Å². The summed E-state index contributed by atoms with van der Waals surface area (Å²) in [6.07, 6.45) is 0.954. The van der Waals surface area contributed by atoms with Gasteiger partial charge in [-0.2, -0.15) is 0 Å². The second-order valence-corrected chi connectivity index (χ2v) is 10.1. The topological polar surface area (TPSA) is 119 Å². The third-order valence-electron chi connectivity index (χ3n) is 4.91. The Morgan fingerprint density at radius 1 is 1.31 bits per heavy atom. The fourth-order valence-electron chi connectivity index (χ4n) is 3.32. The zero-order valence-corrected chi connectivity index (χ0v) is 18.3. The largest absolute Gasteiger partial charge is 0.444 e. The number of nitro groups is 1. The molecule has 9 nitrogen and oxygen atoms in total. The highest BCUT2D eigenvalue weighted by Crippen LogP contribution is 2.25. The molecule has 1 amide bonds. The zero-order chi connectivity index (χ0) is 22.0. The van der Waals surface area contributed by atoms with Gasteiger partial charge in [0.2, 0.25) is 10.0 Å². The molecule has 0 saturated carbocycles. The quantitative estimate of drug-likeness (QED) is 0.569. The van der Waals surface area contributed by atoms with E-state index in [-0.39, 0.29) is 34.2 Å². The van der Waals surface area contributed by atoms with E-state index in [4.69, 9.17) is 4.74 Å². The van der Waals surface area contributed by atoms with Gasteiger partial charge < -0.3 is 9.64 Å². The molecule has 29 heavy (non-hydrogen) atoms. The van der Waals surface area contributed by atoms with Crippen molar-refractivity contribution in [2.45, 2.75) is 64.0 Å². The van der Waals surface area contributed by atoms with Gasteiger partial charge in [-0.05, 0) is 65.5 Å². The molecule has 162 valence electrons. The zero-order valence-electron chi connectivity index (χ0n) is 17.5. The molecule has 0 aliphatic carbocycles. The van der Waals surface area contributed by atoms with E-state index in [0.717, 1.165) is 0 Å². The molecule has 1 aromatic rings. The van der Waals surface area contributed by atoms with Crippen LogP contribution in [0.5, 0.6) is 0 Å². The van der Waals surface area contributed by atoms with Crippen LogP contribution in [0, 0.1) is 23.0 Å². The van der Waals surface area contributed by atoms with Gasteiger partial charge in [0, 0.05) is 30.8 Å². The van der Waals surface area contributed by atoms with Crippen LogP contribution in [0.25, 0.3) is 0 Å². The average molecular weight is 428 g/mol. The van der Waals surface area contributed by atoms with Crippen molar-refractivity contribution in [3.05, 3.63) is 33.9 Å². The number of aryl methyl sites for hydroxylation is 1. The van der Waals surface area contributed by atoms with Crippen LogP contribution >= 0.6 is 0 Å². The average Bonchev–Trinajstić information content (AvgIpc) is 2.59. The minimum atomic E-state index is -3.81. The first-order chi connectivity index (χ1) is 13.3. The third-order valence-corrected chi connectivity index (χ3v) is 6.47. The van der Waals surface area contributed by atoms with E-state index in [1.807, 2.05) is 20.8 Å². The summed E-state index contributed by atoms with van der Waals surface area (Å²) in [5, 5.41) is 10.9. The van der Waals surface area contributed by atoms with E-state index in [1.54, 1.807) is 11.8 Å². The number of ether oxygens (including phenoxy) is 1. The first kappa shape index (κ1) is 23.1. The number of nitrogens with zero attached hydrogens (tertiary/aromatic N) is 2. The van der Waals surface area contributed by atoms with Gasteiger partial charge in [0.05, 0.1) is 9.82 Å². The smallest absolute Gasteiger partial charge is 0.410 e. The summed E-state index contributed by atoms with van der Waals surface area (Å²) >= 11 is 0. The van der Waals surface area contributed by atoms with Gasteiger partial charge in [0.1, 0.15) is 5.60 Å². The SMILES string of the molecule is Cc1cc(S(=O)(=O)N[C@H](C)C2CCN(C(=O)OC(C)(C)C)CC2)ccc1[N+](=O)[O-]. The van der Waals surface area contributed by atoms with Crippen molar-refractivity contribution in [3.8, 4) is 0 Å². The maximum absolute atomic E-state index is 12.7. The highest BCUT2D eigenvalue weighted by atomic mass is 32.2. The summed E-state index contributed by atoms with van der Waals surface area (Å²) in [4.78, 5) is 24.2. The van der Waals surface area contributed by atoms with Crippen LogP contribution in [0.2, 0.25) is 0 Å². The van der Waals surface area contributed by atoms with E-state index < -0.39 is 20.5 Å². The first-order valence-corrected chi connectivity index (χ1v) is 11.0. The number of amides is 1. The number of nitrogens with one attached hydrogen (secondary N) is 1. The number of nitro benzene ring substituents is 1. The molecule has 1 heterocycles. The summed E-state index contributed by atoms with van der Waals surface area (Å²) in [7, 11) is -3.81. The molecule has 1 aromatic carbocycles. The van der Waals surface area contributed by atoms with Gasteiger partial charge >= 0.3 is 6.09 Å². The van der Waals surface area contributed by atoms with Crippen molar-refractivity contribution >= 4 is 21.8 Å². The van der Waals surface area contributed by atoms with Gasteiger partial charge in [0.15, 0.2) is 0 Å². The molecule has 10 heteroatoms. The molecule has 1 fully saturated rings. The number of piperidine rings is 1. The predicted octanol–water partition coefficient (Wildman–Crippen LogP) is 3.22. The van der Waals surface area contributed by atoms with Gasteiger partial charge in [-0.15, -0.1) is 0 Å². The Morgan fingerprint density at radius 2 is 1.90 bits per heavy atom. The normalized spacial score (nSPS) is 17.1. The summed E-state index contributed by atoms with van der Waals surface area (Å²) < 4.78 is 33.4. The number of likely N-dealkylation sites (tertiary alicyclic amines) is 1. The summed E-state index contributed by atoms with van der Waals surface area (Å²) in [6.45, 7) is 9.75. The molecule has 1 atom stereocenters. The number of hydrogen-bond donors (Lipinski definition) is 1. The third kappa shape index (κ3) is 6.14. The summed E-state index contributed by atoms with van der Waals surface area (Å²) in [6, 6.07) is 3.41. The molecule has 0 radical (unpaired) electrons. The number of carbonyl (C=O) groups is 1. The maximum Gasteiger partial charge on any atom is 0.410 e. The van der Waals surface area contributed by atoms with Crippen LogP contribution in [0.1, 0.15) is 46.1 Å². The summed E-state index contributed by atoms with van der Waals surface area (Å²) in [5.41, 5.74) is -0.387. The van der Waals surface area contributed by atoms with Crippen LogP contribution in [-0.2, 0) is 14.8 Å². The fraction of sp³-hybridized carbons (Fsp3) is 0.632. The number of hydrogen-bond acceptors (Lipinski definition) is 6. The Bertz CT molecular complexity index is 870. The van der Waals surface area contributed by atoms with Gasteiger partial charge in [-0.1, -0.05) is 0 Å². The molecule has 0 unspecified atom stereocenters. The Morgan fingerprint density at radius 3 is 2.38 bits per heavy atom. The molecule has 0 bridgehead atoms. The van der Waals surface area contributed by atoms with E-state index in [9.17, 15) is 23.3 Å². The lowest BCUT2D eigenvalue weighted by atomic mass is 9.91. The molecule has 1 aliphatic rings. The van der Waals surface area contributed by atoms with Gasteiger partial charge in [0.25, 0.3) is 5.69 Å². The minimum absolute atomic E-state index is 0.00126. The van der Waals surface area contributed by atoms with Crippen LogP contribution in [0.15, 0.2) is 23.1 Å². The van der Waals surface area contributed by atoms with Crippen LogP contribution in [0.3, 0.4) is 0 Å². The molecule has 1 saturated heterocycles. The van der Waals surface area contributed by atoms with Crippen LogP contribution < -0.4 is 4.72 Å². The second-order valence-electron chi connectivity index (χ2n) is 8.42. The fourth-order valence-corrected chi connectivity index (χ4v) is 4.71. The molecule has 0 spiro atoms. The minimum Gasteiger partial charge on any atom is -0.444 e. The van der Waals surface area contributed by atoms with Crippen molar-refractivity contribution in [2.24, 2.45) is 5.92 Å². The van der Waals surface area contributed by atoms with Gasteiger partial charge in [-0.3, -0.25) is 10.1 Å². The van der Waals surface area contributed by atoms with Crippen LogP contribution in [-0.4, -0.2) is 49.1 Å². The van der Waals surface area contributed by atoms with E-state index in [2.05, 4.69) is 4.72 Å². The molecule has 0 aromatic heterocycles. The van der Waals surface area contributed by atoms with E-state index in [1.165, 1.54) is 25.1 Å². The molecular formula is C19H29N3O6S. The highest BCUT2D eigenvalue weighted by molar-refractivity contribution is 7.89. The number of benzene rings is 1. The van der Waals surface area contributed by atoms with Crippen molar-refractivity contribution in [1.82, 2.24) is 9.62 Å². The number of sulfonamides is 1. The molecule has 2 rings (SSSR count). The number of carbonyl (C=O) groups excluding carboxylic acids is 1. The highest BCUT2D eigenvalue weighted by Gasteiger charge is 2.31. The maximum atomic E-state index is 12.7. The van der Waals surface area contributed by atoms with Crippen LogP contribution in [0.4, 0.5) is 10.5 Å². The van der Waals surface area contributed by atoms with Crippen molar-refractivity contribution in [2.75, 3.05) is 13.1 Å². The first-order valence-electron chi connectivity index (χ1n) is 9.55. The lowest BCUT2D eigenvalue weighted by molar-refractivity contribution is -0.385. The second kappa shape index (κ2) is 8.66. The van der Waals surface area contributed by atoms with Crippen molar-refractivity contribution in [1.29, 1.82) is 0 Å². The van der Waals surface area contributed by atoms with Gasteiger partial charge in [-0.25, -0.2) is 17.9 Å². The molecular weight excluding hydrogens is 398 g/mol. The number of rotatable bonds is 5. The summed E-state index contributed by atoms with van der Waals surface area (Å²) in [5.74, 6) is 0.0719. The standard InChI is InChI=1S/C19H29N3O6S/c1-13-12-16(6-7-17(13)22(24)25)29(26,27)20-14(2)15-8-10-21(11-9-15)18(23)28-19(3,4)5/h6-7,12,14-15,20H,8-11H2,1-5H3/t14-/m1/s1. The Kier molecular flexibility index (Phi) is 6.89. The lowest BCUT2D eigenvalue weighted by Gasteiger charge is -2.35. The molecule has 1 aliphatic heterocycles. The van der Waals surface area contributed by atoms with E-state index in [0.29, 0.717) is 25.9 Å². The Balaban J connectivity index is 1.98. The Labute approximate surface area is 171 Å². The lowest BCUT2D eigenvalue weighted by Crippen LogP contribution is -2.46. The van der Waals surface area contributed by atoms with Crippen molar-refractivity contribution < 1.29 is 22.9 Å². The predicted molar refractivity (Wildman–Crippen MR) is 108 cm³/mol. The molecule has 1 N–H and O–H groups in total. The van der Waals surface area contributed by atoms with Crippen molar-refractivity contribution in [3.63, 3.8) is 0 Å².